The third-order valence-corrected chi connectivity index (χ3v) is 3.59. The lowest BCUT2D eigenvalue weighted by atomic mass is 10.1. The number of amides is 1. The number of benzene rings is 2. The van der Waals surface area contributed by atoms with Crippen molar-refractivity contribution in [1.82, 2.24) is 4.90 Å². The number of anilines is 1. The Kier molecular flexibility index (Phi) is 5.04. The van der Waals surface area contributed by atoms with E-state index < -0.39 is 0 Å². The van der Waals surface area contributed by atoms with Gasteiger partial charge < -0.3 is 14.9 Å². The van der Waals surface area contributed by atoms with E-state index in [1.165, 1.54) is 0 Å². The molecule has 2 rings (SSSR count). The van der Waals surface area contributed by atoms with Gasteiger partial charge in [-0.05, 0) is 35.4 Å². The van der Waals surface area contributed by atoms with E-state index in [0.29, 0.717) is 13.0 Å². The van der Waals surface area contributed by atoms with Gasteiger partial charge in [-0.1, -0.05) is 24.3 Å². The van der Waals surface area contributed by atoms with Crippen molar-refractivity contribution in [2.75, 3.05) is 26.0 Å². The fraction of sp³-hybridized carbons (Fsp3) is 0.278. The minimum atomic E-state index is 0.0578. The molecule has 116 valence electrons. The first-order chi connectivity index (χ1) is 10.5. The zero-order valence-electron chi connectivity index (χ0n) is 13.3. The first-order valence-corrected chi connectivity index (χ1v) is 7.24. The molecule has 0 aliphatic heterocycles. The van der Waals surface area contributed by atoms with Gasteiger partial charge in [-0.2, -0.15) is 0 Å². The molecule has 4 heteroatoms. The number of hydrogen-bond donors (Lipinski definition) is 1. The van der Waals surface area contributed by atoms with Crippen LogP contribution in [0.25, 0.3) is 0 Å². The molecule has 2 aromatic carbocycles. The number of phenolic OH excluding ortho intramolecular Hbond substituents is 1. The number of phenols is 1. The molecule has 22 heavy (non-hydrogen) atoms. The van der Waals surface area contributed by atoms with Crippen LogP contribution in [0.15, 0.2) is 48.5 Å². The van der Waals surface area contributed by atoms with Gasteiger partial charge in [0.1, 0.15) is 5.75 Å². The van der Waals surface area contributed by atoms with Crippen LogP contribution in [0.1, 0.15) is 11.1 Å². The lowest BCUT2D eigenvalue weighted by Gasteiger charge is -2.18. The fourth-order valence-corrected chi connectivity index (χ4v) is 2.18. The fourth-order valence-electron chi connectivity index (χ4n) is 2.18. The predicted molar refractivity (Wildman–Crippen MR) is 89.1 cm³/mol. The van der Waals surface area contributed by atoms with Crippen LogP contribution in [-0.2, 0) is 17.8 Å². The minimum absolute atomic E-state index is 0.0578. The maximum absolute atomic E-state index is 12.2. The molecule has 4 nitrogen and oxygen atoms in total. The zero-order chi connectivity index (χ0) is 16.1. The van der Waals surface area contributed by atoms with E-state index in [1.54, 1.807) is 29.2 Å². The van der Waals surface area contributed by atoms with Crippen molar-refractivity contribution in [3.05, 3.63) is 59.7 Å². The summed E-state index contributed by atoms with van der Waals surface area (Å²) >= 11 is 0. The molecule has 0 spiro atoms. The highest BCUT2D eigenvalue weighted by Gasteiger charge is 2.10. The topological polar surface area (TPSA) is 43.8 Å². The molecule has 0 bridgehead atoms. The van der Waals surface area contributed by atoms with Gasteiger partial charge in [-0.3, -0.25) is 4.79 Å². The lowest BCUT2D eigenvalue weighted by Crippen LogP contribution is -2.27. The first-order valence-electron chi connectivity index (χ1n) is 7.24. The maximum Gasteiger partial charge on any atom is 0.227 e. The van der Waals surface area contributed by atoms with Gasteiger partial charge in [0.2, 0.25) is 5.91 Å². The number of nitrogens with zero attached hydrogens (tertiary/aromatic N) is 2. The average molecular weight is 298 g/mol. The quantitative estimate of drug-likeness (QED) is 0.923. The Morgan fingerprint density at radius 1 is 0.909 bits per heavy atom. The third kappa shape index (κ3) is 4.25. The minimum Gasteiger partial charge on any atom is -0.508 e. The van der Waals surface area contributed by atoms with Crippen LogP contribution in [0.2, 0.25) is 0 Å². The normalized spacial score (nSPS) is 10.3. The molecule has 0 aromatic heterocycles. The van der Waals surface area contributed by atoms with E-state index in [1.807, 2.05) is 50.3 Å². The summed E-state index contributed by atoms with van der Waals surface area (Å²) in [6.45, 7) is 0.588. The SMILES string of the molecule is CN(Cc1ccc(N(C)C)cc1)C(=O)Cc1ccc(O)cc1. The summed E-state index contributed by atoms with van der Waals surface area (Å²) in [6.07, 6.45) is 0.340. The van der Waals surface area contributed by atoms with Crippen molar-refractivity contribution in [3.8, 4) is 5.75 Å². The molecule has 0 radical (unpaired) electrons. The molecule has 1 N–H and O–H groups in total. The highest BCUT2D eigenvalue weighted by atomic mass is 16.3. The van der Waals surface area contributed by atoms with Gasteiger partial charge in [0.25, 0.3) is 0 Å². The molecular formula is C18H22N2O2. The molecule has 0 saturated heterocycles. The Morgan fingerprint density at radius 2 is 1.45 bits per heavy atom. The number of hydrogen-bond acceptors (Lipinski definition) is 3. The van der Waals surface area contributed by atoms with Crippen molar-refractivity contribution in [3.63, 3.8) is 0 Å². The Labute approximate surface area is 131 Å². The van der Waals surface area contributed by atoms with E-state index in [9.17, 15) is 9.90 Å². The molecule has 0 heterocycles. The third-order valence-electron chi connectivity index (χ3n) is 3.59. The summed E-state index contributed by atoms with van der Waals surface area (Å²) in [5, 5.41) is 9.26. The van der Waals surface area contributed by atoms with E-state index >= 15 is 0 Å². The van der Waals surface area contributed by atoms with Crippen molar-refractivity contribution in [2.45, 2.75) is 13.0 Å². The predicted octanol–water partition coefficient (Wildman–Crippen LogP) is 2.66. The molecular weight excluding hydrogens is 276 g/mol. The Hall–Kier alpha value is -2.49. The highest BCUT2D eigenvalue weighted by molar-refractivity contribution is 5.78. The first kappa shape index (κ1) is 15.9. The van der Waals surface area contributed by atoms with Gasteiger partial charge in [-0.25, -0.2) is 0 Å². The van der Waals surface area contributed by atoms with Gasteiger partial charge in [-0.15, -0.1) is 0 Å². The van der Waals surface area contributed by atoms with Crippen molar-refractivity contribution < 1.29 is 9.90 Å². The van der Waals surface area contributed by atoms with Crippen molar-refractivity contribution >= 4 is 11.6 Å². The summed E-state index contributed by atoms with van der Waals surface area (Å²) in [4.78, 5) is 16.0. The second-order valence-corrected chi connectivity index (χ2v) is 5.65. The highest BCUT2D eigenvalue weighted by Crippen LogP contribution is 2.14. The number of carbonyl (C=O) groups is 1. The number of likely N-dealkylation sites (N-methyl/N-ethyl adjacent to an activating group) is 1. The Morgan fingerprint density at radius 3 is 2.00 bits per heavy atom. The molecule has 0 atom stereocenters. The van der Waals surface area contributed by atoms with Gasteiger partial charge in [0, 0.05) is 33.4 Å². The van der Waals surface area contributed by atoms with Gasteiger partial charge >= 0.3 is 0 Å². The Bertz CT molecular complexity index is 619. The second kappa shape index (κ2) is 6.98. The van der Waals surface area contributed by atoms with Crippen LogP contribution >= 0.6 is 0 Å². The van der Waals surface area contributed by atoms with Crippen molar-refractivity contribution in [1.29, 1.82) is 0 Å². The lowest BCUT2D eigenvalue weighted by molar-refractivity contribution is -0.129. The number of rotatable bonds is 5. The van der Waals surface area contributed by atoms with Crippen LogP contribution in [-0.4, -0.2) is 37.1 Å². The van der Waals surface area contributed by atoms with Gasteiger partial charge in [0.15, 0.2) is 0 Å². The van der Waals surface area contributed by atoms with Crippen molar-refractivity contribution in [2.24, 2.45) is 0 Å². The maximum atomic E-state index is 12.2. The monoisotopic (exact) mass is 298 g/mol. The largest absolute Gasteiger partial charge is 0.508 e. The molecule has 0 saturated carbocycles. The average Bonchev–Trinajstić information content (AvgIpc) is 2.50. The molecule has 0 unspecified atom stereocenters. The van der Waals surface area contributed by atoms with Crippen LogP contribution in [0.4, 0.5) is 5.69 Å². The van der Waals surface area contributed by atoms with Crippen LogP contribution in [0, 0.1) is 0 Å². The zero-order valence-corrected chi connectivity index (χ0v) is 13.3. The molecule has 0 fully saturated rings. The van der Waals surface area contributed by atoms with Crippen LogP contribution in [0.5, 0.6) is 5.75 Å². The van der Waals surface area contributed by atoms with Crippen LogP contribution < -0.4 is 4.90 Å². The molecule has 0 aliphatic carbocycles. The second-order valence-electron chi connectivity index (χ2n) is 5.65. The van der Waals surface area contributed by atoms with E-state index in [4.69, 9.17) is 0 Å². The van der Waals surface area contributed by atoms with E-state index in [0.717, 1.165) is 16.8 Å². The Balaban J connectivity index is 1.94. The summed E-state index contributed by atoms with van der Waals surface area (Å²) in [5.41, 5.74) is 3.14. The molecule has 1 amide bonds. The smallest absolute Gasteiger partial charge is 0.227 e. The summed E-state index contributed by atoms with van der Waals surface area (Å²) < 4.78 is 0. The summed E-state index contributed by atoms with van der Waals surface area (Å²) in [6, 6.07) is 14.9. The van der Waals surface area contributed by atoms with E-state index in [2.05, 4.69) is 0 Å². The van der Waals surface area contributed by atoms with Crippen LogP contribution in [0.3, 0.4) is 0 Å². The number of aromatic hydroxyl groups is 1. The summed E-state index contributed by atoms with van der Waals surface area (Å²) in [5.74, 6) is 0.271. The molecule has 2 aromatic rings. The van der Waals surface area contributed by atoms with Gasteiger partial charge in [0.05, 0.1) is 6.42 Å². The van der Waals surface area contributed by atoms with E-state index in [-0.39, 0.29) is 11.7 Å². The molecule has 0 aliphatic rings. The summed E-state index contributed by atoms with van der Waals surface area (Å²) in [7, 11) is 5.81. The standard InChI is InChI=1S/C18H22N2O2/c1-19(2)16-8-4-15(5-9-16)13-20(3)18(22)12-14-6-10-17(21)11-7-14/h4-11,21H,12-13H2,1-3H3. The number of carbonyl (C=O) groups excluding carboxylic acids is 1.